The molecule has 0 atom stereocenters. The normalized spacial score (nSPS) is 18.7. The predicted molar refractivity (Wildman–Crippen MR) is 68.6 cm³/mol. The number of hydrogen-bond donors (Lipinski definition) is 2. The second-order valence-corrected chi connectivity index (χ2v) is 5.23. The van der Waals surface area contributed by atoms with E-state index in [2.05, 4.69) is 0 Å². The third kappa shape index (κ3) is 2.15. The van der Waals surface area contributed by atoms with Gasteiger partial charge >= 0.3 is 0 Å². The van der Waals surface area contributed by atoms with Crippen molar-refractivity contribution in [1.82, 2.24) is 0 Å². The van der Waals surface area contributed by atoms with E-state index < -0.39 is 17.1 Å². The monoisotopic (exact) mass is 273 g/mol. The lowest BCUT2D eigenvalue weighted by Gasteiger charge is -2.34. The van der Waals surface area contributed by atoms with Gasteiger partial charge in [-0.3, -0.25) is 0 Å². The number of aromatic hydroxyl groups is 1. The van der Waals surface area contributed by atoms with Gasteiger partial charge < -0.3 is 15.6 Å². The van der Waals surface area contributed by atoms with Crippen LogP contribution in [-0.4, -0.2) is 12.2 Å². The van der Waals surface area contributed by atoms with Crippen LogP contribution in [0.5, 0.6) is 11.5 Å². The smallest absolute Gasteiger partial charge is 0.208 e. The van der Waals surface area contributed by atoms with Crippen molar-refractivity contribution < 1.29 is 14.2 Å². The summed E-state index contributed by atoms with van der Waals surface area (Å²) in [6, 6.07) is 1.52. The van der Waals surface area contributed by atoms with Gasteiger partial charge in [-0.2, -0.15) is 4.39 Å². The van der Waals surface area contributed by atoms with Crippen molar-refractivity contribution in [2.75, 3.05) is 7.11 Å². The van der Waals surface area contributed by atoms with Crippen LogP contribution >= 0.6 is 11.6 Å². The Balaban J connectivity index is 2.51. The fourth-order valence-corrected chi connectivity index (χ4v) is 2.88. The number of phenolic OH excluding ortho intramolecular Hbond substituents is 1. The van der Waals surface area contributed by atoms with Crippen LogP contribution in [0.2, 0.25) is 5.02 Å². The van der Waals surface area contributed by atoms with Gasteiger partial charge in [-0.15, -0.1) is 0 Å². The van der Waals surface area contributed by atoms with Crippen molar-refractivity contribution >= 4 is 11.6 Å². The number of phenols is 1. The van der Waals surface area contributed by atoms with Crippen LogP contribution in [0.25, 0.3) is 0 Å². The number of methoxy groups -OCH3 is 1. The molecule has 100 valence electrons. The van der Waals surface area contributed by atoms with Gasteiger partial charge in [0.2, 0.25) is 5.82 Å². The summed E-state index contributed by atoms with van der Waals surface area (Å²) >= 11 is 5.96. The third-order valence-electron chi connectivity index (χ3n) is 3.64. The second-order valence-electron chi connectivity index (χ2n) is 4.82. The molecule has 1 aliphatic carbocycles. The van der Waals surface area contributed by atoms with Crippen LogP contribution in [0.3, 0.4) is 0 Å². The Morgan fingerprint density at radius 1 is 1.39 bits per heavy atom. The Morgan fingerprint density at radius 2 is 2.00 bits per heavy atom. The Hall–Kier alpha value is -1.00. The van der Waals surface area contributed by atoms with Crippen molar-refractivity contribution in [2.24, 2.45) is 5.73 Å². The van der Waals surface area contributed by atoms with Gasteiger partial charge in [-0.05, 0) is 18.9 Å². The van der Waals surface area contributed by atoms with Crippen LogP contribution < -0.4 is 10.5 Å². The molecule has 2 rings (SSSR count). The van der Waals surface area contributed by atoms with Crippen LogP contribution in [0.1, 0.15) is 37.7 Å². The van der Waals surface area contributed by atoms with Gasteiger partial charge in [0, 0.05) is 11.1 Å². The van der Waals surface area contributed by atoms with Crippen LogP contribution in [0.15, 0.2) is 6.07 Å². The van der Waals surface area contributed by atoms with E-state index in [1.807, 2.05) is 0 Å². The maximum absolute atomic E-state index is 13.9. The highest BCUT2D eigenvalue weighted by Gasteiger charge is 2.34. The molecule has 1 aromatic carbocycles. The van der Waals surface area contributed by atoms with Crippen molar-refractivity contribution in [2.45, 2.75) is 37.6 Å². The van der Waals surface area contributed by atoms with Gasteiger partial charge in [-0.1, -0.05) is 30.9 Å². The molecular weight excluding hydrogens is 257 g/mol. The standard InChI is InChI=1S/C13H17ClFNO2/c1-18-12-9(14)7-8(11(17)10(12)15)13(16)5-3-2-4-6-13/h7,17H,2-6,16H2,1H3. The molecule has 0 aliphatic heterocycles. The minimum atomic E-state index is -0.838. The summed E-state index contributed by atoms with van der Waals surface area (Å²) in [5.74, 6) is -1.42. The topological polar surface area (TPSA) is 55.5 Å². The van der Waals surface area contributed by atoms with Crippen LogP contribution in [-0.2, 0) is 5.54 Å². The van der Waals surface area contributed by atoms with E-state index in [1.54, 1.807) is 0 Å². The summed E-state index contributed by atoms with van der Waals surface area (Å²) in [4.78, 5) is 0. The summed E-state index contributed by atoms with van der Waals surface area (Å²) < 4.78 is 18.8. The van der Waals surface area contributed by atoms with E-state index in [-0.39, 0.29) is 10.8 Å². The fourth-order valence-electron chi connectivity index (χ4n) is 2.61. The van der Waals surface area contributed by atoms with E-state index >= 15 is 0 Å². The average molecular weight is 274 g/mol. The minimum absolute atomic E-state index is 0.137. The molecule has 3 N–H and O–H groups in total. The SMILES string of the molecule is COc1c(Cl)cc(C2(N)CCCCC2)c(O)c1F. The molecule has 5 heteroatoms. The average Bonchev–Trinajstić information content (AvgIpc) is 2.35. The van der Waals surface area contributed by atoms with E-state index in [0.717, 1.165) is 32.1 Å². The number of nitrogens with two attached hydrogens (primary N) is 1. The predicted octanol–water partition coefficient (Wildman–Crippen LogP) is 3.31. The van der Waals surface area contributed by atoms with Gasteiger partial charge in [-0.25, -0.2) is 0 Å². The molecule has 1 aliphatic rings. The van der Waals surface area contributed by atoms with Gasteiger partial charge in [0.1, 0.15) is 0 Å². The second kappa shape index (κ2) is 4.94. The van der Waals surface area contributed by atoms with E-state index in [9.17, 15) is 9.50 Å². The molecule has 1 fully saturated rings. The summed E-state index contributed by atoms with van der Waals surface area (Å²) in [6.45, 7) is 0. The highest BCUT2D eigenvalue weighted by Crippen LogP contribution is 2.44. The molecule has 0 unspecified atom stereocenters. The molecule has 0 spiro atoms. The molecule has 3 nitrogen and oxygen atoms in total. The first-order valence-corrected chi connectivity index (χ1v) is 6.42. The number of hydrogen-bond acceptors (Lipinski definition) is 3. The summed E-state index contributed by atoms with van der Waals surface area (Å²) in [7, 11) is 1.31. The quantitative estimate of drug-likeness (QED) is 0.869. The fraction of sp³-hybridized carbons (Fsp3) is 0.538. The molecule has 0 aromatic heterocycles. The lowest BCUT2D eigenvalue weighted by molar-refractivity contribution is 0.285. The minimum Gasteiger partial charge on any atom is -0.504 e. The Kier molecular flexibility index (Phi) is 3.69. The molecule has 0 heterocycles. The third-order valence-corrected chi connectivity index (χ3v) is 3.92. The van der Waals surface area contributed by atoms with E-state index in [0.29, 0.717) is 5.56 Å². The van der Waals surface area contributed by atoms with Crippen molar-refractivity contribution in [1.29, 1.82) is 0 Å². The molecule has 18 heavy (non-hydrogen) atoms. The summed E-state index contributed by atoms with van der Waals surface area (Å²) in [5, 5.41) is 10.1. The lowest BCUT2D eigenvalue weighted by atomic mass is 9.77. The number of ether oxygens (including phenoxy) is 1. The van der Waals surface area contributed by atoms with Crippen molar-refractivity contribution in [3.05, 3.63) is 22.5 Å². The van der Waals surface area contributed by atoms with Gasteiger partial charge in [0.15, 0.2) is 11.5 Å². The Bertz CT molecular complexity index is 459. The van der Waals surface area contributed by atoms with Crippen LogP contribution in [0.4, 0.5) is 4.39 Å². The largest absolute Gasteiger partial charge is 0.504 e. The molecule has 0 amide bonds. The number of benzene rings is 1. The maximum atomic E-state index is 13.9. The maximum Gasteiger partial charge on any atom is 0.208 e. The Labute approximate surface area is 111 Å². The van der Waals surface area contributed by atoms with Gasteiger partial charge in [0.25, 0.3) is 0 Å². The van der Waals surface area contributed by atoms with Crippen molar-refractivity contribution in [3.63, 3.8) is 0 Å². The Morgan fingerprint density at radius 3 is 2.56 bits per heavy atom. The van der Waals surface area contributed by atoms with Gasteiger partial charge in [0.05, 0.1) is 12.1 Å². The van der Waals surface area contributed by atoms with E-state index in [1.165, 1.54) is 13.2 Å². The summed E-state index contributed by atoms with van der Waals surface area (Å²) in [6.07, 6.45) is 4.51. The summed E-state index contributed by atoms with van der Waals surface area (Å²) in [5.41, 5.74) is 5.97. The number of halogens is 2. The molecule has 0 bridgehead atoms. The lowest BCUT2D eigenvalue weighted by Crippen LogP contribution is -2.38. The highest BCUT2D eigenvalue weighted by atomic mass is 35.5. The molecular formula is C13H17ClFNO2. The first-order valence-electron chi connectivity index (χ1n) is 6.04. The first-order chi connectivity index (χ1) is 8.49. The van der Waals surface area contributed by atoms with Crippen molar-refractivity contribution in [3.8, 4) is 11.5 Å². The molecule has 0 radical (unpaired) electrons. The van der Waals surface area contributed by atoms with Crippen LogP contribution in [0, 0.1) is 5.82 Å². The first kappa shape index (κ1) is 13.4. The highest BCUT2D eigenvalue weighted by molar-refractivity contribution is 6.32. The molecule has 0 saturated heterocycles. The zero-order valence-electron chi connectivity index (χ0n) is 10.3. The molecule has 1 aromatic rings. The number of rotatable bonds is 2. The zero-order valence-corrected chi connectivity index (χ0v) is 11.1. The molecule has 1 saturated carbocycles. The van der Waals surface area contributed by atoms with E-state index in [4.69, 9.17) is 22.1 Å². The zero-order chi connectivity index (χ0) is 13.3.